The van der Waals surface area contributed by atoms with Gasteiger partial charge in [-0.25, -0.2) is 0 Å². The van der Waals surface area contributed by atoms with Crippen molar-refractivity contribution in [3.8, 4) is 5.75 Å². The maximum absolute atomic E-state index is 12.4. The molecule has 0 radical (unpaired) electrons. The van der Waals surface area contributed by atoms with Gasteiger partial charge in [-0.05, 0) is 49.4 Å². The molecule has 5 nitrogen and oxygen atoms in total. The number of anilines is 1. The third-order valence-corrected chi connectivity index (χ3v) is 3.75. The number of H-pyrrole nitrogens is 1. The number of benzene rings is 2. The van der Waals surface area contributed by atoms with Gasteiger partial charge in [0.2, 0.25) is 0 Å². The standard InChI is InChI=1S/C18H15ClN2O3/c1-2-24-13-6-4-12(5-7-13)21-18(23)17(22)15-10-20-16-8-3-11(19)9-14(15)16/h3-10,20H,2H2,1H3,(H,21,23). The third-order valence-electron chi connectivity index (χ3n) is 3.52. The molecule has 1 heterocycles. The van der Waals surface area contributed by atoms with Gasteiger partial charge in [0.05, 0.1) is 12.2 Å². The van der Waals surface area contributed by atoms with Gasteiger partial charge < -0.3 is 15.0 Å². The van der Waals surface area contributed by atoms with Crippen molar-refractivity contribution in [2.24, 2.45) is 0 Å². The van der Waals surface area contributed by atoms with Crippen LogP contribution in [0.5, 0.6) is 5.75 Å². The minimum atomic E-state index is -0.708. The largest absolute Gasteiger partial charge is 0.494 e. The predicted octanol–water partition coefficient (Wildman–Crippen LogP) is 4.04. The highest BCUT2D eigenvalue weighted by Gasteiger charge is 2.20. The highest BCUT2D eigenvalue weighted by molar-refractivity contribution is 6.48. The van der Waals surface area contributed by atoms with Crippen LogP contribution >= 0.6 is 11.6 Å². The molecule has 0 aliphatic carbocycles. The molecule has 1 aromatic heterocycles. The van der Waals surface area contributed by atoms with Crippen LogP contribution in [0.15, 0.2) is 48.7 Å². The fraction of sp³-hybridized carbons (Fsp3) is 0.111. The van der Waals surface area contributed by atoms with Gasteiger partial charge in [-0.3, -0.25) is 9.59 Å². The Hall–Kier alpha value is -2.79. The molecule has 0 bridgehead atoms. The van der Waals surface area contributed by atoms with E-state index in [1.54, 1.807) is 42.5 Å². The fourth-order valence-electron chi connectivity index (χ4n) is 2.39. The van der Waals surface area contributed by atoms with Crippen molar-refractivity contribution in [2.45, 2.75) is 6.92 Å². The average Bonchev–Trinajstić information content (AvgIpc) is 2.99. The van der Waals surface area contributed by atoms with E-state index in [1.807, 2.05) is 6.92 Å². The lowest BCUT2D eigenvalue weighted by Crippen LogP contribution is -2.22. The summed E-state index contributed by atoms with van der Waals surface area (Å²) in [6.45, 7) is 2.45. The summed E-state index contributed by atoms with van der Waals surface area (Å²) >= 11 is 5.96. The lowest BCUT2D eigenvalue weighted by molar-refractivity contribution is -0.112. The van der Waals surface area contributed by atoms with Gasteiger partial charge in [-0.2, -0.15) is 0 Å². The molecule has 1 amide bonds. The van der Waals surface area contributed by atoms with E-state index in [1.165, 1.54) is 6.20 Å². The first kappa shape index (κ1) is 16.1. The van der Waals surface area contributed by atoms with Crippen molar-refractivity contribution < 1.29 is 14.3 Å². The summed E-state index contributed by atoms with van der Waals surface area (Å²) in [4.78, 5) is 27.6. The maximum Gasteiger partial charge on any atom is 0.296 e. The first-order chi connectivity index (χ1) is 11.6. The molecule has 24 heavy (non-hydrogen) atoms. The number of halogens is 1. The highest BCUT2D eigenvalue weighted by Crippen LogP contribution is 2.23. The van der Waals surface area contributed by atoms with Crippen LogP contribution in [-0.2, 0) is 4.79 Å². The molecule has 2 aromatic carbocycles. The second-order valence-electron chi connectivity index (χ2n) is 5.13. The first-order valence-corrected chi connectivity index (χ1v) is 7.81. The van der Waals surface area contributed by atoms with Crippen molar-refractivity contribution in [1.29, 1.82) is 0 Å². The molecule has 2 N–H and O–H groups in total. The lowest BCUT2D eigenvalue weighted by Gasteiger charge is -2.06. The van der Waals surface area contributed by atoms with E-state index in [4.69, 9.17) is 16.3 Å². The van der Waals surface area contributed by atoms with Crippen LogP contribution in [0, 0.1) is 0 Å². The van der Waals surface area contributed by atoms with Gasteiger partial charge >= 0.3 is 0 Å². The van der Waals surface area contributed by atoms with Gasteiger partial charge in [0, 0.05) is 27.8 Å². The number of rotatable bonds is 5. The number of nitrogens with one attached hydrogen (secondary N) is 2. The quantitative estimate of drug-likeness (QED) is 0.543. The van der Waals surface area contributed by atoms with Crippen molar-refractivity contribution in [2.75, 3.05) is 11.9 Å². The number of fused-ring (bicyclic) bond motifs is 1. The van der Waals surface area contributed by atoms with E-state index >= 15 is 0 Å². The Balaban J connectivity index is 1.78. The van der Waals surface area contributed by atoms with Crippen LogP contribution in [0.3, 0.4) is 0 Å². The summed E-state index contributed by atoms with van der Waals surface area (Å²) in [5.41, 5.74) is 1.56. The Morgan fingerprint density at radius 1 is 1.17 bits per heavy atom. The zero-order valence-electron chi connectivity index (χ0n) is 12.9. The first-order valence-electron chi connectivity index (χ1n) is 7.43. The number of ether oxygens (including phenoxy) is 1. The number of aromatic amines is 1. The summed E-state index contributed by atoms with van der Waals surface area (Å²) in [5, 5.41) is 3.71. The van der Waals surface area contributed by atoms with Gasteiger partial charge in [-0.15, -0.1) is 0 Å². The lowest BCUT2D eigenvalue weighted by atomic mass is 10.1. The smallest absolute Gasteiger partial charge is 0.296 e. The predicted molar refractivity (Wildman–Crippen MR) is 93.9 cm³/mol. The number of hydrogen-bond donors (Lipinski definition) is 2. The Bertz CT molecular complexity index is 900. The molecule has 122 valence electrons. The number of ketones is 1. The minimum absolute atomic E-state index is 0.288. The fourth-order valence-corrected chi connectivity index (χ4v) is 2.56. The van der Waals surface area contributed by atoms with Crippen LogP contribution in [0.4, 0.5) is 5.69 Å². The number of carbonyl (C=O) groups excluding carboxylic acids is 2. The van der Waals surface area contributed by atoms with E-state index in [0.29, 0.717) is 28.5 Å². The second kappa shape index (κ2) is 6.76. The molecule has 0 saturated carbocycles. The molecular weight excluding hydrogens is 328 g/mol. The Morgan fingerprint density at radius 2 is 1.92 bits per heavy atom. The van der Waals surface area contributed by atoms with Crippen LogP contribution < -0.4 is 10.1 Å². The third kappa shape index (κ3) is 3.26. The second-order valence-corrected chi connectivity index (χ2v) is 5.57. The van der Waals surface area contributed by atoms with E-state index in [-0.39, 0.29) is 5.56 Å². The minimum Gasteiger partial charge on any atom is -0.494 e. The van der Waals surface area contributed by atoms with Crippen LogP contribution in [0.2, 0.25) is 5.02 Å². The molecule has 0 saturated heterocycles. The number of Topliss-reactive ketones (excluding diaryl/α,β-unsaturated/α-hetero) is 1. The molecule has 0 fully saturated rings. The Kier molecular flexibility index (Phi) is 4.53. The normalized spacial score (nSPS) is 10.6. The number of amides is 1. The van der Waals surface area contributed by atoms with E-state index in [9.17, 15) is 9.59 Å². The molecule has 0 aliphatic heterocycles. The van der Waals surface area contributed by atoms with Gasteiger partial charge in [0.25, 0.3) is 11.7 Å². The molecular formula is C18H15ClN2O3. The van der Waals surface area contributed by atoms with Crippen LogP contribution in [-0.4, -0.2) is 23.3 Å². The molecule has 3 rings (SSSR count). The van der Waals surface area contributed by atoms with Crippen molar-refractivity contribution in [1.82, 2.24) is 4.98 Å². The zero-order valence-corrected chi connectivity index (χ0v) is 13.7. The van der Waals surface area contributed by atoms with E-state index in [0.717, 1.165) is 5.52 Å². The van der Waals surface area contributed by atoms with Crippen LogP contribution in [0.1, 0.15) is 17.3 Å². The highest BCUT2D eigenvalue weighted by atomic mass is 35.5. The molecule has 6 heteroatoms. The topological polar surface area (TPSA) is 71.2 Å². The van der Waals surface area contributed by atoms with Crippen molar-refractivity contribution in [3.63, 3.8) is 0 Å². The molecule has 0 aliphatic rings. The molecule has 0 unspecified atom stereocenters. The molecule has 0 atom stereocenters. The summed E-state index contributed by atoms with van der Waals surface area (Å²) in [5.74, 6) is -0.634. The van der Waals surface area contributed by atoms with Crippen molar-refractivity contribution in [3.05, 3.63) is 59.2 Å². The number of carbonyl (C=O) groups is 2. The summed E-state index contributed by atoms with van der Waals surface area (Å²) < 4.78 is 5.34. The zero-order chi connectivity index (χ0) is 17.1. The summed E-state index contributed by atoms with van der Waals surface area (Å²) in [7, 11) is 0. The van der Waals surface area contributed by atoms with E-state index in [2.05, 4.69) is 10.3 Å². The summed E-state index contributed by atoms with van der Waals surface area (Å²) in [6, 6.07) is 12.0. The number of hydrogen-bond acceptors (Lipinski definition) is 3. The average molecular weight is 343 g/mol. The summed E-state index contributed by atoms with van der Waals surface area (Å²) in [6.07, 6.45) is 1.51. The van der Waals surface area contributed by atoms with Gasteiger partial charge in [0.1, 0.15) is 5.75 Å². The maximum atomic E-state index is 12.4. The molecule has 0 spiro atoms. The van der Waals surface area contributed by atoms with Gasteiger partial charge in [-0.1, -0.05) is 11.6 Å². The van der Waals surface area contributed by atoms with Crippen LogP contribution in [0.25, 0.3) is 10.9 Å². The monoisotopic (exact) mass is 342 g/mol. The molecule has 3 aromatic rings. The number of aromatic nitrogens is 1. The Labute approximate surface area is 143 Å². The van der Waals surface area contributed by atoms with E-state index < -0.39 is 11.7 Å². The van der Waals surface area contributed by atoms with Gasteiger partial charge in [0.15, 0.2) is 0 Å². The van der Waals surface area contributed by atoms with Crippen molar-refractivity contribution >= 4 is 39.9 Å². The Morgan fingerprint density at radius 3 is 2.62 bits per heavy atom. The SMILES string of the molecule is CCOc1ccc(NC(=O)C(=O)c2c[nH]c3ccc(Cl)cc23)cc1.